The average molecular weight is 867 g/mol. The van der Waals surface area contributed by atoms with Crippen molar-refractivity contribution in [2.45, 2.75) is 29.7 Å². The third-order valence-electron chi connectivity index (χ3n) is 12.1. The molecule has 328 valence electrons. The number of nitrogens with one attached hydrogen (secondary N) is 2. The van der Waals surface area contributed by atoms with Gasteiger partial charge in [0.15, 0.2) is 0 Å². The van der Waals surface area contributed by atoms with Gasteiger partial charge in [0, 0.05) is 0 Å². The van der Waals surface area contributed by atoms with Gasteiger partial charge in [0.25, 0.3) is 0 Å². The van der Waals surface area contributed by atoms with Crippen LogP contribution < -0.4 is 29.6 Å². The molecule has 0 aromatic heterocycles. The van der Waals surface area contributed by atoms with Crippen molar-refractivity contribution in [3.8, 4) is 23.0 Å². The monoisotopic (exact) mass is 866 g/mol. The molecule has 2 atom stereocenters. The fourth-order valence-electron chi connectivity index (χ4n) is 8.58. The predicted octanol–water partition coefficient (Wildman–Crippen LogP) is 9.30. The fraction of sp³-hybridized carbons (Fsp3) is 0.164. The summed E-state index contributed by atoms with van der Waals surface area (Å²) in [4.78, 5) is 29.2. The summed E-state index contributed by atoms with van der Waals surface area (Å²) in [5, 5.41) is 36.5. The molecule has 8 rings (SSSR count). The largest absolute Gasteiger partial charge is 0.497 e. The van der Waals surface area contributed by atoms with Crippen molar-refractivity contribution in [3.05, 3.63) is 215 Å². The van der Waals surface area contributed by atoms with Crippen molar-refractivity contribution < 1.29 is 38.7 Å². The number of carbonyl (C=O) groups is 2. The SMILES string of the molecule is COc1ccc(C(O)(c2ccc(OC)cc2)[C@H](NC(=O)CC(=O)N[C@H](c2ccc3ccccc3c2)C(O)(c2ccc(OC)cc2)c2ccc(OC)cc2)c2ccc3ccccc3c2)cc1. The standard InChI is InChI=1S/C55H50N2O8/c1-62-46-25-17-42(18-26-46)54(60,43-19-27-47(63-2)28-20-43)52(40-15-13-36-9-5-7-11-38(36)33-40)56-50(58)35-51(59)57-53(41-16-14-37-10-6-8-12-39(37)34-41)55(61,44-21-29-48(64-3)30-22-44)45-23-31-49(65-4)32-24-45/h5-34,52-53,60-61H,35H2,1-4H3,(H,56,58)(H,57,59)/t52-,53-/m1/s1. The van der Waals surface area contributed by atoms with Gasteiger partial charge in [-0.05, 0) is 116 Å². The molecule has 2 amide bonds. The number of aliphatic hydroxyl groups is 2. The van der Waals surface area contributed by atoms with Crippen molar-refractivity contribution in [1.82, 2.24) is 10.6 Å². The maximum atomic E-state index is 14.6. The molecule has 8 aromatic rings. The van der Waals surface area contributed by atoms with Crippen molar-refractivity contribution in [3.63, 3.8) is 0 Å². The van der Waals surface area contributed by atoms with Crippen LogP contribution in [0.3, 0.4) is 0 Å². The average Bonchev–Trinajstić information content (AvgIpc) is 3.36. The van der Waals surface area contributed by atoms with Gasteiger partial charge in [0.2, 0.25) is 11.8 Å². The van der Waals surface area contributed by atoms with Crippen LogP contribution in [0.4, 0.5) is 0 Å². The Balaban J connectivity index is 1.21. The Labute approximate surface area is 378 Å². The third-order valence-corrected chi connectivity index (χ3v) is 12.1. The van der Waals surface area contributed by atoms with Gasteiger partial charge in [-0.2, -0.15) is 0 Å². The Bertz CT molecular complexity index is 2620. The van der Waals surface area contributed by atoms with Gasteiger partial charge in [-0.3, -0.25) is 9.59 Å². The first-order valence-electron chi connectivity index (χ1n) is 21.2. The van der Waals surface area contributed by atoms with Crippen LogP contribution in [0, 0.1) is 0 Å². The van der Waals surface area contributed by atoms with Gasteiger partial charge in [-0.1, -0.05) is 121 Å². The molecule has 0 unspecified atom stereocenters. The molecule has 10 nitrogen and oxygen atoms in total. The van der Waals surface area contributed by atoms with Gasteiger partial charge in [-0.25, -0.2) is 0 Å². The first kappa shape index (κ1) is 44.0. The topological polar surface area (TPSA) is 136 Å². The molecule has 0 saturated heterocycles. The van der Waals surface area contributed by atoms with E-state index in [1.807, 2.05) is 84.9 Å². The van der Waals surface area contributed by atoms with E-state index in [1.54, 1.807) is 126 Å². The number of ether oxygens (including phenoxy) is 4. The highest BCUT2D eigenvalue weighted by Crippen LogP contribution is 2.45. The van der Waals surface area contributed by atoms with Crippen LogP contribution in [-0.2, 0) is 20.8 Å². The Kier molecular flexibility index (Phi) is 12.8. The van der Waals surface area contributed by atoms with E-state index in [9.17, 15) is 19.8 Å². The van der Waals surface area contributed by atoms with E-state index in [4.69, 9.17) is 18.9 Å². The summed E-state index contributed by atoms with van der Waals surface area (Å²) in [5.74, 6) is 0.989. The zero-order valence-corrected chi connectivity index (χ0v) is 36.5. The van der Waals surface area contributed by atoms with Crippen molar-refractivity contribution in [1.29, 1.82) is 0 Å². The summed E-state index contributed by atoms with van der Waals surface area (Å²) in [6.07, 6.45) is -0.656. The molecule has 0 aliphatic rings. The summed E-state index contributed by atoms with van der Waals surface area (Å²) in [6, 6.07) is 52.9. The van der Waals surface area contributed by atoms with Crippen LogP contribution in [0.2, 0.25) is 0 Å². The van der Waals surface area contributed by atoms with Crippen LogP contribution in [-0.4, -0.2) is 50.5 Å². The fourth-order valence-corrected chi connectivity index (χ4v) is 8.58. The van der Waals surface area contributed by atoms with Crippen LogP contribution in [0.5, 0.6) is 23.0 Å². The molecule has 0 saturated carbocycles. The minimum Gasteiger partial charge on any atom is -0.497 e. The number of methoxy groups -OCH3 is 4. The van der Waals surface area contributed by atoms with Crippen molar-refractivity contribution in [2.24, 2.45) is 0 Å². The normalized spacial score (nSPS) is 12.5. The first-order chi connectivity index (χ1) is 31.6. The smallest absolute Gasteiger partial charge is 0.230 e. The Morgan fingerprint density at radius 1 is 0.415 bits per heavy atom. The van der Waals surface area contributed by atoms with Gasteiger partial charge in [0.1, 0.15) is 40.6 Å². The zero-order valence-electron chi connectivity index (χ0n) is 36.5. The number of fused-ring (bicyclic) bond motifs is 2. The molecule has 0 aliphatic carbocycles. The van der Waals surface area contributed by atoms with Crippen LogP contribution >= 0.6 is 0 Å². The molecule has 0 aliphatic heterocycles. The first-order valence-corrected chi connectivity index (χ1v) is 21.2. The van der Waals surface area contributed by atoms with Gasteiger partial charge in [0.05, 0.1) is 40.5 Å². The van der Waals surface area contributed by atoms with Gasteiger partial charge >= 0.3 is 0 Å². The Morgan fingerprint density at radius 2 is 0.692 bits per heavy atom. The number of amides is 2. The van der Waals surface area contributed by atoms with E-state index < -0.39 is 41.5 Å². The number of hydrogen-bond donors (Lipinski definition) is 4. The highest BCUT2D eigenvalue weighted by atomic mass is 16.5. The number of rotatable bonds is 16. The number of carbonyl (C=O) groups excluding carboxylic acids is 2. The third kappa shape index (κ3) is 8.95. The highest BCUT2D eigenvalue weighted by Gasteiger charge is 2.45. The second-order valence-electron chi connectivity index (χ2n) is 15.8. The molecule has 0 spiro atoms. The van der Waals surface area contributed by atoms with Crippen LogP contribution in [0.1, 0.15) is 51.9 Å². The summed E-state index contributed by atoms with van der Waals surface area (Å²) >= 11 is 0. The maximum Gasteiger partial charge on any atom is 0.230 e. The Morgan fingerprint density at radius 3 is 0.969 bits per heavy atom. The lowest BCUT2D eigenvalue weighted by molar-refractivity contribution is -0.132. The zero-order chi connectivity index (χ0) is 45.6. The van der Waals surface area contributed by atoms with E-state index in [-0.39, 0.29) is 0 Å². The molecular formula is C55H50N2O8. The van der Waals surface area contributed by atoms with E-state index in [0.29, 0.717) is 56.4 Å². The van der Waals surface area contributed by atoms with Gasteiger partial charge < -0.3 is 39.8 Å². The van der Waals surface area contributed by atoms with Crippen molar-refractivity contribution in [2.75, 3.05) is 28.4 Å². The maximum absolute atomic E-state index is 14.6. The van der Waals surface area contributed by atoms with E-state index in [0.717, 1.165) is 21.5 Å². The Hall–Kier alpha value is -7.66. The lowest BCUT2D eigenvalue weighted by Gasteiger charge is -2.39. The minimum absolute atomic E-state index is 0.465. The van der Waals surface area contributed by atoms with E-state index in [2.05, 4.69) is 10.6 Å². The lowest BCUT2D eigenvalue weighted by atomic mass is 9.76. The van der Waals surface area contributed by atoms with Crippen molar-refractivity contribution >= 4 is 33.4 Å². The summed E-state index contributed by atoms with van der Waals surface area (Å²) < 4.78 is 21.9. The molecule has 0 radical (unpaired) electrons. The molecule has 0 fully saturated rings. The molecule has 0 bridgehead atoms. The van der Waals surface area contributed by atoms with E-state index >= 15 is 0 Å². The molecule has 4 N–H and O–H groups in total. The summed E-state index contributed by atoms with van der Waals surface area (Å²) in [7, 11) is 6.25. The lowest BCUT2D eigenvalue weighted by Crippen LogP contribution is -2.48. The second-order valence-corrected chi connectivity index (χ2v) is 15.8. The highest BCUT2D eigenvalue weighted by molar-refractivity contribution is 5.97. The molecule has 0 heterocycles. The van der Waals surface area contributed by atoms with Gasteiger partial charge in [-0.15, -0.1) is 0 Å². The molecule has 8 aromatic carbocycles. The summed E-state index contributed by atoms with van der Waals surface area (Å²) in [5.41, 5.74) is -0.728. The number of benzene rings is 8. The summed E-state index contributed by atoms with van der Waals surface area (Å²) in [6.45, 7) is 0. The second kappa shape index (κ2) is 19.0. The minimum atomic E-state index is -1.89. The van der Waals surface area contributed by atoms with E-state index in [1.165, 1.54) is 0 Å². The molecule has 65 heavy (non-hydrogen) atoms. The quantitative estimate of drug-likeness (QED) is 0.0707. The molecular weight excluding hydrogens is 817 g/mol. The molecule has 10 heteroatoms. The van der Waals surface area contributed by atoms with Crippen LogP contribution in [0.15, 0.2) is 182 Å². The number of hydrogen-bond acceptors (Lipinski definition) is 8. The van der Waals surface area contributed by atoms with Crippen LogP contribution in [0.25, 0.3) is 21.5 Å². The predicted molar refractivity (Wildman–Crippen MR) is 252 cm³/mol.